The van der Waals surface area contributed by atoms with Gasteiger partial charge in [0.2, 0.25) is 5.79 Å². The molecular formula is C18H36O17. The minimum atomic E-state index is -2.22. The molecule has 17 nitrogen and oxygen atoms in total. The van der Waals surface area contributed by atoms with Gasteiger partial charge in [-0.3, -0.25) is 0 Å². The molecule has 2 heterocycles. The minimum Gasteiger partial charge on any atom is -0.394 e. The van der Waals surface area contributed by atoms with Crippen molar-refractivity contribution in [1.82, 2.24) is 0 Å². The molecule has 0 aromatic heterocycles. The highest BCUT2D eigenvalue weighted by atomic mass is 16.8. The number of aliphatic hydroxyl groups excluding tert-OH is 14. The van der Waals surface area contributed by atoms with E-state index in [1.54, 1.807) is 0 Å². The third-order valence-corrected chi connectivity index (χ3v) is 5.58. The topological polar surface area (TPSA) is 311 Å². The molecule has 35 heavy (non-hydrogen) atoms. The normalized spacial score (nSPS) is 41.0. The Balaban J connectivity index is 0.000000434. The summed E-state index contributed by atoms with van der Waals surface area (Å²) in [6.07, 6.45) is -19.0. The first kappa shape index (κ1) is 32.3. The molecule has 0 aromatic carbocycles. The molecule has 14 N–H and O–H groups in total. The van der Waals surface area contributed by atoms with Crippen LogP contribution in [0.5, 0.6) is 0 Å². The van der Waals surface area contributed by atoms with E-state index in [1.807, 2.05) is 0 Å². The van der Waals surface area contributed by atoms with Crippen LogP contribution in [0.4, 0.5) is 0 Å². The van der Waals surface area contributed by atoms with Gasteiger partial charge < -0.3 is 85.7 Å². The van der Waals surface area contributed by atoms with Crippen molar-refractivity contribution in [2.24, 2.45) is 0 Å². The molecule has 2 aliphatic heterocycles. The third-order valence-electron chi connectivity index (χ3n) is 5.58. The van der Waals surface area contributed by atoms with Crippen molar-refractivity contribution in [2.45, 2.75) is 79.2 Å². The molecule has 0 saturated carbocycles. The summed E-state index contributed by atoms with van der Waals surface area (Å²) in [6, 6.07) is 0. The van der Waals surface area contributed by atoms with E-state index >= 15 is 0 Å². The zero-order valence-corrected chi connectivity index (χ0v) is 18.4. The molecule has 0 bridgehead atoms. The lowest BCUT2D eigenvalue weighted by molar-refractivity contribution is -0.383. The Morgan fingerprint density at radius 3 is 1.51 bits per heavy atom. The fourth-order valence-corrected chi connectivity index (χ4v) is 3.30. The molecule has 2 rings (SSSR count). The molecule has 0 aromatic rings. The molecule has 210 valence electrons. The predicted octanol–water partition coefficient (Wildman–Crippen LogP) is -8.98. The number of ether oxygens (including phenoxy) is 3. The van der Waals surface area contributed by atoms with Gasteiger partial charge in [-0.25, -0.2) is 0 Å². The fourth-order valence-electron chi connectivity index (χ4n) is 3.30. The van der Waals surface area contributed by atoms with E-state index in [0.717, 1.165) is 0 Å². The largest absolute Gasteiger partial charge is 0.394 e. The van der Waals surface area contributed by atoms with Crippen LogP contribution in [0, 0.1) is 0 Å². The molecule has 0 aliphatic carbocycles. The van der Waals surface area contributed by atoms with Crippen molar-refractivity contribution in [3.8, 4) is 0 Å². The lowest BCUT2D eigenvalue weighted by Crippen LogP contribution is -2.62. The van der Waals surface area contributed by atoms with Gasteiger partial charge in [-0.1, -0.05) is 0 Å². The zero-order chi connectivity index (χ0) is 27.1. The molecule has 0 spiro atoms. The summed E-state index contributed by atoms with van der Waals surface area (Å²) in [7, 11) is 0. The van der Waals surface area contributed by atoms with Gasteiger partial charge in [0, 0.05) is 0 Å². The lowest BCUT2D eigenvalue weighted by Gasteiger charge is -2.43. The van der Waals surface area contributed by atoms with Crippen LogP contribution >= 0.6 is 0 Å². The standard InChI is InChI=1S/C12H22O11.C6H14O6/c13-1-4-6(16)8(18)9(19)11(21-4)23-12(3-15)10(20)7(17)5(2-14)22-12;7-1-3(9)5(11)6(12)4(10)2-8/h4-11,13-20H,1-3H2;3-12H,1-2H2/t4-,5-,6-,7-,8+,9-,10+,11-,12?;3-,4+,5-,6-/m11/s1. The second kappa shape index (κ2) is 14.3. The van der Waals surface area contributed by atoms with Crippen LogP contribution in [-0.4, -0.2) is 184 Å². The maximum atomic E-state index is 10.00. The van der Waals surface area contributed by atoms with Crippen molar-refractivity contribution in [2.75, 3.05) is 33.0 Å². The number of hydrogen-bond acceptors (Lipinski definition) is 17. The van der Waals surface area contributed by atoms with Crippen molar-refractivity contribution in [1.29, 1.82) is 0 Å². The average molecular weight is 524 g/mol. The van der Waals surface area contributed by atoms with Gasteiger partial charge in [0.25, 0.3) is 0 Å². The Bertz CT molecular complexity index is 583. The number of hydrogen-bond donors (Lipinski definition) is 14. The Morgan fingerprint density at radius 2 is 1.14 bits per heavy atom. The third kappa shape index (κ3) is 7.43. The first-order valence-corrected chi connectivity index (χ1v) is 10.5. The van der Waals surface area contributed by atoms with Crippen LogP contribution in [0.25, 0.3) is 0 Å². The molecule has 2 saturated heterocycles. The first-order valence-electron chi connectivity index (χ1n) is 10.5. The smallest absolute Gasteiger partial charge is 0.224 e. The quantitative estimate of drug-likeness (QED) is 0.126. The van der Waals surface area contributed by atoms with Crippen molar-refractivity contribution in [3.63, 3.8) is 0 Å². The molecule has 17 heteroatoms. The highest BCUT2D eigenvalue weighted by Crippen LogP contribution is 2.35. The van der Waals surface area contributed by atoms with Gasteiger partial charge in [0.05, 0.1) is 26.4 Å². The first-order chi connectivity index (χ1) is 16.3. The van der Waals surface area contributed by atoms with Crippen LogP contribution in [0.15, 0.2) is 0 Å². The van der Waals surface area contributed by atoms with Crippen LogP contribution in [0.2, 0.25) is 0 Å². The Labute approximate surface area is 198 Å². The Hall–Kier alpha value is -0.680. The van der Waals surface area contributed by atoms with E-state index in [0.29, 0.717) is 0 Å². The van der Waals surface area contributed by atoms with Gasteiger partial charge in [0.15, 0.2) is 6.29 Å². The van der Waals surface area contributed by atoms with Crippen molar-refractivity contribution in [3.05, 3.63) is 0 Å². The summed E-state index contributed by atoms with van der Waals surface area (Å²) >= 11 is 0. The molecule has 0 radical (unpaired) electrons. The monoisotopic (exact) mass is 524 g/mol. The molecule has 13 atom stereocenters. The SMILES string of the molecule is OC[C@@H](O)[C@@H](O)[C@H](O)[C@@H](O)CO.OC[C@H]1OC(CO)(O[C@H]2O[C@H](CO)[C@@H](O)[C@H](O)[C@H]2O)[C@@H](O)[C@@H]1O. The van der Waals surface area contributed by atoms with Gasteiger partial charge in [-0.2, -0.15) is 0 Å². The predicted molar refractivity (Wildman–Crippen MR) is 107 cm³/mol. The van der Waals surface area contributed by atoms with Crippen LogP contribution in [-0.2, 0) is 14.2 Å². The van der Waals surface area contributed by atoms with E-state index < -0.39 is 112 Å². The van der Waals surface area contributed by atoms with E-state index in [4.69, 9.17) is 55.1 Å². The zero-order valence-electron chi connectivity index (χ0n) is 18.4. The summed E-state index contributed by atoms with van der Waals surface area (Å²) in [5.41, 5.74) is 0. The summed E-state index contributed by atoms with van der Waals surface area (Å²) in [5, 5.41) is 129. The van der Waals surface area contributed by atoms with Crippen LogP contribution < -0.4 is 0 Å². The maximum Gasteiger partial charge on any atom is 0.224 e. The fraction of sp³-hybridized carbons (Fsp3) is 1.00. The van der Waals surface area contributed by atoms with Gasteiger partial charge >= 0.3 is 0 Å². The summed E-state index contributed by atoms with van der Waals surface area (Å²) in [6.45, 7) is -3.77. The van der Waals surface area contributed by atoms with Gasteiger partial charge in [-0.05, 0) is 0 Å². The second-order valence-electron chi connectivity index (χ2n) is 8.04. The molecule has 0 amide bonds. The molecular weight excluding hydrogens is 488 g/mol. The maximum absolute atomic E-state index is 10.00. The minimum absolute atomic E-state index is 0.669. The van der Waals surface area contributed by atoms with E-state index in [9.17, 15) is 30.6 Å². The highest BCUT2D eigenvalue weighted by Gasteiger charge is 2.58. The van der Waals surface area contributed by atoms with Gasteiger partial charge in [-0.15, -0.1) is 0 Å². The highest BCUT2D eigenvalue weighted by molar-refractivity contribution is 4.98. The van der Waals surface area contributed by atoms with Crippen LogP contribution in [0.3, 0.4) is 0 Å². The van der Waals surface area contributed by atoms with E-state index in [-0.39, 0.29) is 0 Å². The second-order valence-corrected chi connectivity index (χ2v) is 8.04. The average Bonchev–Trinajstić information content (AvgIpc) is 3.12. The summed E-state index contributed by atoms with van der Waals surface area (Å²) < 4.78 is 15.4. The summed E-state index contributed by atoms with van der Waals surface area (Å²) in [4.78, 5) is 0. The molecule has 1 unspecified atom stereocenters. The molecule has 2 aliphatic rings. The lowest BCUT2D eigenvalue weighted by atomic mass is 9.99. The Morgan fingerprint density at radius 1 is 0.657 bits per heavy atom. The number of aliphatic hydroxyl groups is 14. The van der Waals surface area contributed by atoms with Crippen LogP contribution in [0.1, 0.15) is 0 Å². The van der Waals surface area contributed by atoms with Crippen molar-refractivity contribution >= 4 is 0 Å². The van der Waals surface area contributed by atoms with Crippen molar-refractivity contribution < 1.29 is 85.7 Å². The number of rotatable bonds is 10. The summed E-state index contributed by atoms with van der Waals surface area (Å²) in [5.74, 6) is -2.22. The van der Waals surface area contributed by atoms with E-state index in [1.165, 1.54) is 0 Å². The van der Waals surface area contributed by atoms with E-state index in [2.05, 4.69) is 0 Å². The van der Waals surface area contributed by atoms with Gasteiger partial charge in [0.1, 0.15) is 73.8 Å². The molecule has 2 fully saturated rings. The Kier molecular flexibility index (Phi) is 13.2.